The summed E-state index contributed by atoms with van der Waals surface area (Å²) in [5, 5.41) is 5.20. The first-order valence-electron chi connectivity index (χ1n) is 6.85. The van der Waals surface area contributed by atoms with Crippen molar-refractivity contribution >= 4 is 21.8 Å². The lowest BCUT2D eigenvalue weighted by Gasteiger charge is -2.09. The summed E-state index contributed by atoms with van der Waals surface area (Å²) in [6.07, 6.45) is 6.41. The number of anilines is 1. The van der Waals surface area contributed by atoms with Crippen LogP contribution in [0.5, 0.6) is 0 Å². The van der Waals surface area contributed by atoms with Crippen LogP contribution >= 0.6 is 0 Å². The Bertz CT molecular complexity index is 904. The number of nitrogens with zero attached hydrogens (tertiary/aromatic N) is 3. The molecule has 0 aliphatic heterocycles. The van der Waals surface area contributed by atoms with E-state index in [2.05, 4.69) is 14.8 Å². The van der Waals surface area contributed by atoms with E-state index in [1.54, 1.807) is 36.8 Å². The van der Waals surface area contributed by atoms with Crippen molar-refractivity contribution in [2.45, 2.75) is 0 Å². The van der Waals surface area contributed by atoms with Crippen LogP contribution in [0.1, 0.15) is 5.56 Å². The molecule has 0 radical (unpaired) electrons. The summed E-state index contributed by atoms with van der Waals surface area (Å²) in [7, 11) is -3.66. The van der Waals surface area contributed by atoms with E-state index in [4.69, 9.17) is 0 Å². The maximum absolute atomic E-state index is 12.2. The van der Waals surface area contributed by atoms with Crippen LogP contribution < -0.4 is 4.72 Å². The highest BCUT2D eigenvalue weighted by atomic mass is 32.2. The van der Waals surface area contributed by atoms with Crippen molar-refractivity contribution in [1.29, 1.82) is 0 Å². The molecule has 0 fully saturated rings. The highest BCUT2D eigenvalue weighted by molar-refractivity contribution is 7.95. The Balaban J connectivity index is 1.86. The van der Waals surface area contributed by atoms with Gasteiger partial charge in [0.2, 0.25) is 0 Å². The lowest BCUT2D eigenvalue weighted by atomic mass is 10.2. The fraction of sp³-hybridized carbons (Fsp3) is 0. The summed E-state index contributed by atoms with van der Waals surface area (Å²) in [6, 6.07) is 14.2. The molecule has 0 amide bonds. The number of benzene rings is 1. The van der Waals surface area contributed by atoms with Gasteiger partial charge in [-0.25, -0.2) is 18.1 Å². The van der Waals surface area contributed by atoms with Crippen molar-refractivity contribution in [2.24, 2.45) is 0 Å². The lowest BCUT2D eigenvalue weighted by molar-refractivity contribution is 0.609. The Hall–Kier alpha value is -2.93. The number of pyridine rings is 1. The number of rotatable bonds is 5. The summed E-state index contributed by atoms with van der Waals surface area (Å²) in [4.78, 5) is 4.17. The molecule has 2 aromatic heterocycles. The minimum atomic E-state index is -3.66. The Morgan fingerprint density at radius 1 is 1.00 bits per heavy atom. The third kappa shape index (κ3) is 3.83. The maximum Gasteiger partial charge on any atom is 0.255 e. The molecular weight excluding hydrogens is 312 g/mol. The second-order valence-electron chi connectivity index (χ2n) is 4.69. The van der Waals surface area contributed by atoms with Crippen LogP contribution in [0.2, 0.25) is 0 Å². The Kier molecular flexibility index (Phi) is 4.20. The fourth-order valence-corrected chi connectivity index (χ4v) is 2.84. The average Bonchev–Trinajstić information content (AvgIpc) is 3.09. The van der Waals surface area contributed by atoms with Crippen molar-refractivity contribution in [1.82, 2.24) is 14.8 Å². The van der Waals surface area contributed by atoms with Gasteiger partial charge >= 0.3 is 0 Å². The molecule has 7 heteroatoms. The van der Waals surface area contributed by atoms with E-state index in [0.29, 0.717) is 11.5 Å². The molecule has 1 N–H and O–H groups in total. The van der Waals surface area contributed by atoms with Crippen LogP contribution in [-0.4, -0.2) is 23.2 Å². The molecule has 6 nitrogen and oxygen atoms in total. The molecule has 0 saturated heterocycles. The Morgan fingerprint density at radius 2 is 1.83 bits per heavy atom. The van der Waals surface area contributed by atoms with E-state index in [-0.39, 0.29) is 0 Å². The first kappa shape index (κ1) is 15.0. The van der Waals surface area contributed by atoms with Crippen LogP contribution in [0.15, 0.2) is 72.5 Å². The molecule has 0 atom stereocenters. The van der Waals surface area contributed by atoms with Crippen LogP contribution in [0, 0.1) is 0 Å². The molecule has 23 heavy (non-hydrogen) atoms. The van der Waals surface area contributed by atoms with Crippen molar-refractivity contribution < 1.29 is 8.42 Å². The quantitative estimate of drug-likeness (QED) is 0.782. The molecular formula is C16H14N4O2S. The number of sulfonamides is 1. The van der Waals surface area contributed by atoms with E-state index in [0.717, 1.165) is 11.0 Å². The van der Waals surface area contributed by atoms with Crippen LogP contribution in [-0.2, 0) is 10.0 Å². The third-order valence-corrected chi connectivity index (χ3v) is 4.00. The Labute approximate surface area is 134 Å². The van der Waals surface area contributed by atoms with Crippen molar-refractivity contribution in [3.63, 3.8) is 0 Å². The summed E-state index contributed by atoms with van der Waals surface area (Å²) in [5.41, 5.74) is 1.16. The molecule has 0 unspecified atom stereocenters. The molecule has 116 valence electrons. The second-order valence-corrected chi connectivity index (χ2v) is 6.25. The number of hydrogen-bond donors (Lipinski definition) is 1. The fourth-order valence-electron chi connectivity index (χ4n) is 1.97. The third-order valence-electron chi connectivity index (χ3n) is 3.00. The zero-order chi connectivity index (χ0) is 16.1. The summed E-state index contributed by atoms with van der Waals surface area (Å²) < 4.78 is 28.5. The van der Waals surface area contributed by atoms with Gasteiger partial charge in [-0.1, -0.05) is 30.3 Å². The summed E-state index contributed by atoms with van der Waals surface area (Å²) in [5.74, 6) is 0.411. The van der Waals surface area contributed by atoms with Gasteiger partial charge in [0, 0.05) is 18.6 Å². The zero-order valence-electron chi connectivity index (χ0n) is 12.1. The standard InChI is InChI=1S/C16H14N4O2S/c21-23(22,13-9-14-6-2-1-3-7-14)19-15-8-4-10-17-16(15)20-12-5-11-18-20/h1-13,19H/b13-9-. The highest BCUT2D eigenvalue weighted by Gasteiger charge is 2.11. The molecule has 2 heterocycles. The molecule has 0 spiro atoms. The normalized spacial score (nSPS) is 11.7. The van der Waals surface area contributed by atoms with Gasteiger partial charge in [-0.3, -0.25) is 4.72 Å². The van der Waals surface area contributed by atoms with Crippen LogP contribution in [0.3, 0.4) is 0 Å². The van der Waals surface area contributed by atoms with Gasteiger partial charge in [0.05, 0.1) is 11.1 Å². The van der Waals surface area contributed by atoms with Gasteiger partial charge in [-0.05, 0) is 29.8 Å². The SMILES string of the molecule is O=S(=O)(/C=C\c1ccccc1)Nc1cccnc1-n1cccn1. The first-order chi connectivity index (χ1) is 11.1. The van der Waals surface area contributed by atoms with E-state index < -0.39 is 10.0 Å². The van der Waals surface area contributed by atoms with E-state index >= 15 is 0 Å². The smallest absolute Gasteiger partial charge is 0.255 e. The van der Waals surface area contributed by atoms with Gasteiger partial charge in [-0.2, -0.15) is 5.10 Å². The minimum absolute atomic E-state index is 0.355. The topological polar surface area (TPSA) is 76.9 Å². The second kappa shape index (κ2) is 6.45. The van der Waals surface area contributed by atoms with E-state index in [1.807, 2.05) is 30.3 Å². The van der Waals surface area contributed by atoms with Gasteiger partial charge in [0.25, 0.3) is 10.0 Å². The summed E-state index contributed by atoms with van der Waals surface area (Å²) in [6.45, 7) is 0. The molecule has 0 bridgehead atoms. The zero-order valence-corrected chi connectivity index (χ0v) is 12.9. The van der Waals surface area contributed by atoms with Crippen molar-refractivity contribution in [2.75, 3.05) is 4.72 Å². The molecule has 1 aromatic carbocycles. The van der Waals surface area contributed by atoms with Gasteiger partial charge in [0.15, 0.2) is 5.82 Å². The molecule has 3 rings (SSSR count). The predicted molar refractivity (Wildman–Crippen MR) is 89.4 cm³/mol. The van der Waals surface area contributed by atoms with Crippen LogP contribution in [0.4, 0.5) is 5.69 Å². The largest absolute Gasteiger partial charge is 0.276 e. The average molecular weight is 326 g/mol. The number of nitrogens with one attached hydrogen (secondary N) is 1. The van der Waals surface area contributed by atoms with Crippen LogP contribution in [0.25, 0.3) is 11.9 Å². The molecule has 0 saturated carbocycles. The predicted octanol–water partition coefficient (Wildman–Crippen LogP) is 2.68. The first-order valence-corrected chi connectivity index (χ1v) is 8.40. The lowest BCUT2D eigenvalue weighted by Crippen LogP contribution is -2.12. The van der Waals surface area contributed by atoms with Crippen molar-refractivity contribution in [3.8, 4) is 5.82 Å². The summed E-state index contributed by atoms with van der Waals surface area (Å²) >= 11 is 0. The van der Waals surface area contributed by atoms with Gasteiger partial charge in [-0.15, -0.1) is 0 Å². The molecule has 0 aliphatic carbocycles. The maximum atomic E-state index is 12.2. The van der Waals surface area contributed by atoms with Gasteiger partial charge in [0.1, 0.15) is 0 Å². The highest BCUT2D eigenvalue weighted by Crippen LogP contribution is 2.18. The minimum Gasteiger partial charge on any atom is -0.276 e. The number of hydrogen-bond acceptors (Lipinski definition) is 4. The van der Waals surface area contributed by atoms with Gasteiger partial charge < -0.3 is 0 Å². The molecule has 0 aliphatic rings. The van der Waals surface area contributed by atoms with Crippen molar-refractivity contribution in [3.05, 3.63) is 78.1 Å². The van der Waals surface area contributed by atoms with E-state index in [1.165, 1.54) is 10.8 Å². The monoisotopic (exact) mass is 326 g/mol. The molecule has 3 aromatic rings. The van der Waals surface area contributed by atoms with E-state index in [9.17, 15) is 8.42 Å². The Morgan fingerprint density at radius 3 is 2.57 bits per heavy atom. The number of aromatic nitrogens is 3.